The van der Waals surface area contributed by atoms with Crippen LogP contribution in [0, 0.1) is 20.8 Å². The van der Waals surface area contributed by atoms with Crippen LogP contribution in [0.15, 0.2) is 16.7 Å². The zero-order chi connectivity index (χ0) is 26.0. The lowest BCUT2D eigenvalue weighted by atomic mass is 10.0. The fraction of sp³-hybridized carbons (Fsp3) is 0.462. The number of nitrogens with zero attached hydrogens (tertiary/aromatic N) is 3. The van der Waals surface area contributed by atoms with Gasteiger partial charge in [0.2, 0.25) is 5.82 Å². The van der Waals surface area contributed by atoms with Crippen molar-refractivity contribution in [3.8, 4) is 16.9 Å². The summed E-state index contributed by atoms with van der Waals surface area (Å²) in [4.78, 5) is 23.7. The summed E-state index contributed by atoms with van der Waals surface area (Å²) in [6.45, 7) is 17.8. The van der Waals surface area contributed by atoms with Gasteiger partial charge in [0.25, 0.3) is 0 Å². The Bertz CT molecular complexity index is 1210. The molecule has 0 amide bonds. The number of rotatable bonds is 3. The van der Waals surface area contributed by atoms with Crippen LogP contribution in [0.2, 0.25) is 0 Å². The number of hydrogen-bond donors (Lipinski definition) is 1. The Morgan fingerprint density at radius 2 is 1.62 bits per heavy atom. The SMILES string of the molecule is CC.CC.CCC.COC(=O)c1nc(C)c2c(n1)[nH]c1cc(-c3c(C)noc3C)c(OC)cc12. The molecule has 0 aliphatic heterocycles. The normalized spacial score (nSPS) is 9.85. The molecule has 4 rings (SSSR count). The van der Waals surface area contributed by atoms with E-state index in [1.54, 1.807) is 7.11 Å². The molecule has 0 aliphatic carbocycles. The van der Waals surface area contributed by atoms with E-state index in [1.807, 2.05) is 60.6 Å². The second kappa shape index (κ2) is 13.3. The van der Waals surface area contributed by atoms with Crippen molar-refractivity contribution in [1.82, 2.24) is 20.1 Å². The first kappa shape index (κ1) is 28.6. The molecule has 3 heterocycles. The molecule has 3 aromatic heterocycles. The molecule has 0 bridgehead atoms. The molecule has 0 unspecified atom stereocenters. The zero-order valence-corrected chi connectivity index (χ0v) is 22.3. The smallest absolute Gasteiger partial charge is 0.376 e. The highest BCUT2D eigenvalue weighted by molar-refractivity contribution is 6.09. The molecule has 1 aromatic carbocycles. The number of benzene rings is 1. The second-order valence-electron chi connectivity index (χ2n) is 6.98. The van der Waals surface area contributed by atoms with Crippen LogP contribution in [0.4, 0.5) is 0 Å². The number of methoxy groups -OCH3 is 2. The van der Waals surface area contributed by atoms with E-state index in [1.165, 1.54) is 13.5 Å². The number of ether oxygens (including phenoxy) is 2. The minimum absolute atomic E-state index is 0.0203. The number of hydrogen-bond acceptors (Lipinski definition) is 7. The summed E-state index contributed by atoms with van der Waals surface area (Å²) in [7, 11) is 2.92. The zero-order valence-electron chi connectivity index (χ0n) is 22.3. The first-order valence-electron chi connectivity index (χ1n) is 11.8. The summed E-state index contributed by atoms with van der Waals surface area (Å²) in [5, 5.41) is 5.77. The van der Waals surface area contributed by atoms with Crippen molar-refractivity contribution in [2.75, 3.05) is 14.2 Å². The molecule has 0 atom stereocenters. The van der Waals surface area contributed by atoms with Gasteiger partial charge in [-0.15, -0.1) is 0 Å². The lowest BCUT2D eigenvalue weighted by Crippen LogP contribution is -2.08. The highest BCUT2D eigenvalue weighted by Crippen LogP contribution is 2.39. The highest BCUT2D eigenvalue weighted by Gasteiger charge is 2.21. The molecule has 34 heavy (non-hydrogen) atoms. The molecule has 0 saturated carbocycles. The summed E-state index contributed by atoms with van der Waals surface area (Å²) in [6.07, 6.45) is 1.25. The first-order chi connectivity index (χ1) is 16.4. The van der Waals surface area contributed by atoms with E-state index >= 15 is 0 Å². The van der Waals surface area contributed by atoms with Crippen molar-refractivity contribution in [3.05, 3.63) is 35.1 Å². The maximum absolute atomic E-state index is 11.8. The summed E-state index contributed by atoms with van der Waals surface area (Å²) in [6, 6.07) is 3.91. The third kappa shape index (κ3) is 5.73. The molecule has 0 spiro atoms. The summed E-state index contributed by atoms with van der Waals surface area (Å²) in [5.41, 5.74) is 4.64. The molecule has 186 valence electrons. The molecule has 0 aliphatic rings. The van der Waals surface area contributed by atoms with Crippen molar-refractivity contribution in [2.24, 2.45) is 0 Å². The molecule has 0 fully saturated rings. The Balaban J connectivity index is 0.000000750. The van der Waals surface area contributed by atoms with Crippen LogP contribution in [-0.4, -0.2) is 40.3 Å². The van der Waals surface area contributed by atoms with Gasteiger partial charge in [-0.1, -0.05) is 53.1 Å². The van der Waals surface area contributed by atoms with Crippen molar-refractivity contribution < 1.29 is 18.8 Å². The number of H-pyrrole nitrogens is 1. The van der Waals surface area contributed by atoms with E-state index in [-0.39, 0.29) is 5.82 Å². The Labute approximate surface area is 202 Å². The highest BCUT2D eigenvalue weighted by atomic mass is 16.5. The fourth-order valence-corrected chi connectivity index (χ4v) is 3.42. The number of esters is 1. The summed E-state index contributed by atoms with van der Waals surface area (Å²) < 4.78 is 15.7. The Hall–Kier alpha value is -3.42. The number of nitrogens with one attached hydrogen (secondary N) is 1. The maximum atomic E-state index is 11.8. The number of aromatic nitrogens is 4. The van der Waals surface area contributed by atoms with Gasteiger partial charge in [0.1, 0.15) is 17.2 Å². The van der Waals surface area contributed by atoms with Crippen LogP contribution in [0.1, 0.15) is 75.7 Å². The van der Waals surface area contributed by atoms with E-state index in [2.05, 4.69) is 34.0 Å². The minimum atomic E-state index is -0.576. The average Bonchev–Trinajstić information content (AvgIpc) is 3.39. The van der Waals surface area contributed by atoms with E-state index in [0.717, 1.165) is 33.1 Å². The van der Waals surface area contributed by atoms with Gasteiger partial charge < -0.3 is 19.0 Å². The third-order valence-electron chi connectivity index (χ3n) is 4.62. The fourth-order valence-electron chi connectivity index (χ4n) is 3.42. The minimum Gasteiger partial charge on any atom is -0.496 e. The number of fused-ring (bicyclic) bond motifs is 3. The third-order valence-corrected chi connectivity index (χ3v) is 4.62. The van der Waals surface area contributed by atoms with Gasteiger partial charge in [0.05, 0.1) is 31.2 Å². The number of aromatic amines is 1. The Morgan fingerprint density at radius 3 is 2.12 bits per heavy atom. The van der Waals surface area contributed by atoms with Gasteiger partial charge in [0, 0.05) is 21.9 Å². The Kier molecular flexibility index (Phi) is 11.2. The molecule has 0 radical (unpaired) electrons. The molecule has 1 N–H and O–H groups in total. The van der Waals surface area contributed by atoms with Gasteiger partial charge >= 0.3 is 5.97 Å². The van der Waals surface area contributed by atoms with Crippen molar-refractivity contribution in [2.45, 2.75) is 68.7 Å². The molecular weight excluding hydrogens is 432 g/mol. The lowest BCUT2D eigenvalue weighted by Gasteiger charge is -2.09. The predicted octanol–water partition coefficient (Wildman–Crippen LogP) is 6.96. The van der Waals surface area contributed by atoms with Crippen molar-refractivity contribution in [3.63, 3.8) is 0 Å². The van der Waals surface area contributed by atoms with E-state index in [4.69, 9.17) is 14.0 Å². The first-order valence-corrected chi connectivity index (χ1v) is 11.8. The molecule has 8 heteroatoms. The molecule has 0 saturated heterocycles. The molecule has 4 aromatic rings. The van der Waals surface area contributed by atoms with Gasteiger partial charge in [-0.2, -0.15) is 0 Å². The van der Waals surface area contributed by atoms with Gasteiger partial charge in [-0.3, -0.25) is 0 Å². The average molecular weight is 471 g/mol. The van der Waals surface area contributed by atoms with Crippen LogP contribution >= 0.6 is 0 Å². The van der Waals surface area contributed by atoms with E-state index in [0.29, 0.717) is 22.9 Å². The largest absolute Gasteiger partial charge is 0.496 e. The maximum Gasteiger partial charge on any atom is 0.376 e. The molecule has 8 nitrogen and oxygen atoms in total. The quantitative estimate of drug-likeness (QED) is 0.323. The number of carbonyl (C=O) groups excluding carboxylic acids is 1. The van der Waals surface area contributed by atoms with E-state index < -0.39 is 5.97 Å². The van der Waals surface area contributed by atoms with Crippen LogP contribution in [-0.2, 0) is 4.74 Å². The topological polar surface area (TPSA) is 103 Å². The second-order valence-corrected chi connectivity index (χ2v) is 6.98. The monoisotopic (exact) mass is 470 g/mol. The lowest BCUT2D eigenvalue weighted by molar-refractivity contribution is 0.0587. The van der Waals surface area contributed by atoms with Crippen LogP contribution < -0.4 is 4.74 Å². The van der Waals surface area contributed by atoms with Crippen molar-refractivity contribution >= 4 is 27.9 Å². The van der Waals surface area contributed by atoms with E-state index in [9.17, 15) is 4.79 Å². The Morgan fingerprint density at radius 1 is 1.00 bits per heavy atom. The van der Waals surface area contributed by atoms with Crippen LogP contribution in [0.25, 0.3) is 33.1 Å². The number of aryl methyl sites for hydroxylation is 3. The number of carbonyl (C=O) groups is 1. The predicted molar refractivity (Wildman–Crippen MR) is 138 cm³/mol. The molecular formula is C26H38N4O4. The van der Waals surface area contributed by atoms with Gasteiger partial charge in [-0.25, -0.2) is 14.8 Å². The van der Waals surface area contributed by atoms with Crippen LogP contribution in [0.3, 0.4) is 0 Å². The standard InChI is InChI=1S/C19H18N4O4.C3H8.2C2H6/c1-8-16-11-7-14(25-4)12(15-9(2)23-27-10(15)3)6-13(11)21-17(16)22-18(20-8)19(24)26-5;1-3-2;2*1-2/h6-7H,1-5H3,(H,20,21,22);3H2,1-2H3;2*1-2H3. The van der Waals surface area contributed by atoms with Crippen molar-refractivity contribution in [1.29, 1.82) is 0 Å². The van der Waals surface area contributed by atoms with Gasteiger partial charge in [-0.05, 0) is 32.9 Å². The summed E-state index contributed by atoms with van der Waals surface area (Å²) >= 11 is 0. The van der Waals surface area contributed by atoms with Gasteiger partial charge in [0.15, 0.2) is 0 Å². The summed E-state index contributed by atoms with van der Waals surface area (Å²) in [5.74, 6) is 0.846. The van der Waals surface area contributed by atoms with Crippen LogP contribution in [0.5, 0.6) is 5.75 Å².